The Morgan fingerprint density at radius 3 is 2.54 bits per heavy atom. The summed E-state index contributed by atoms with van der Waals surface area (Å²) in [6.45, 7) is 6.48. The summed E-state index contributed by atoms with van der Waals surface area (Å²) in [7, 11) is 0. The molecule has 1 fully saturated rings. The standard InChI is InChI=1S/C19H24N4O/c1-3-23(4-2)18-16(19(24)21-12-14-10-11-14)13-20-17(22-18)15-8-6-5-7-9-15/h5-9,13-14H,3-4,10-12H2,1-2H3,(H,21,24). The number of hydrogen-bond acceptors (Lipinski definition) is 4. The third kappa shape index (κ3) is 3.72. The van der Waals surface area contributed by atoms with E-state index < -0.39 is 0 Å². The van der Waals surface area contributed by atoms with Crippen LogP contribution in [0, 0.1) is 5.92 Å². The van der Waals surface area contributed by atoms with Crippen molar-refractivity contribution >= 4 is 11.7 Å². The highest BCUT2D eigenvalue weighted by atomic mass is 16.1. The van der Waals surface area contributed by atoms with Gasteiger partial charge in [-0.25, -0.2) is 9.97 Å². The molecule has 0 bridgehead atoms. The van der Waals surface area contributed by atoms with Gasteiger partial charge in [-0.2, -0.15) is 0 Å². The average Bonchev–Trinajstić information content (AvgIpc) is 3.46. The largest absolute Gasteiger partial charge is 0.356 e. The van der Waals surface area contributed by atoms with Crippen molar-refractivity contribution in [3.05, 3.63) is 42.1 Å². The molecule has 5 nitrogen and oxygen atoms in total. The number of nitrogens with zero attached hydrogens (tertiary/aromatic N) is 3. The van der Waals surface area contributed by atoms with Crippen LogP contribution in [0.5, 0.6) is 0 Å². The molecule has 1 aromatic carbocycles. The molecule has 1 aliphatic rings. The molecule has 1 heterocycles. The van der Waals surface area contributed by atoms with Gasteiger partial charge in [0.05, 0.1) is 0 Å². The summed E-state index contributed by atoms with van der Waals surface area (Å²) in [4.78, 5) is 23.8. The van der Waals surface area contributed by atoms with Crippen molar-refractivity contribution in [3.63, 3.8) is 0 Å². The van der Waals surface area contributed by atoms with Gasteiger partial charge in [-0.3, -0.25) is 4.79 Å². The van der Waals surface area contributed by atoms with E-state index in [0.717, 1.165) is 25.2 Å². The fourth-order valence-electron chi connectivity index (χ4n) is 2.68. The fourth-order valence-corrected chi connectivity index (χ4v) is 2.68. The second-order valence-corrected chi connectivity index (χ2v) is 6.12. The summed E-state index contributed by atoms with van der Waals surface area (Å²) in [5.41, 5.74) is 1.51. The molecule has 24 heavy (non-hydrogen) atoms. The number of carbonyl (C=O) groups excluding carboxylic acids is 1. The van der Waals surface area contributed by atoms with Gasteiger partial charge < -0.3 is 10.2 Å². The van der Waals surface area contributed by atoms with E-state index in [1.54, 1.807) is 6.20 Å². The summed E-state index contributed by atoms with van der Waals surface area (Å²) in [5.74, 6) is 1.93. The third-order valence-electron chi connectivity index (χ3n) is 4.36. The highest BCUT2D eigenvalue weighted by Crippen LogP contribution is 2.28. The van der Waals surface area contributed by atoms with Crippen molar-refractivity contribution in [1.29, 1.82) is 0 Å². The molecular formula is C19H24N4O. The van der Waals surface area contributed by atoms with Gasteiger partial charge in [-0.15, -0.1) is 0 Å². The smallest absolute Gasteiger partial charge is 0.256 e. The average molecular weight is 324 g/mol. The number of nitrogens with one attached hydrogen (secondary N) is 1. The lowest BCUT2D eigenvalue weighted by Crippen LogP contribution is -2.31. The molecule has 1 aliphatic carbocycles. The van der Waals surface area contributed by atoms with E-state index in [9.17, 15) is 4.79 Å². The monoisotopic (exact) mass is 324 g/mol. The molecule has 1 amide bonds. The Morgan fingerprint density at radius 2 is 1.92 bits per heavy atom. The molecule has 1 saturated carbocycles. The summed E-state index contributed by atoms with van der Waals surface area (Å²) in [6.07, 6.45) is 4.09. The van der Waals surface area contributed by atoms with Gasteiger partial charge in [0.15, 0.2) is 5.82 Å². The first-order valence-corrected chi connectivity index (χ1v) is 8.68. The molecule has 1 N–H and O–H groups in total. The lowest BCUT2D eigenvalue weighted by molar-refractivity contribution is 0.0951. The van der Waals surface area contributed by atoms with Crippen molar-refractivity contribution in [2.45, 2.75) is 26.7 Å². The second kappa shape index (κ2) is 7.43. The Bertz CT molecular complexity index is 694. The maximum absolute atomic E-state index is 12.6. The lowest BCUT2D eigenvalue weighted by Gasteiger charge is -2.22. The number of amides is 1. The first-order chi connectivity index (χ1) is 11.7. The Hall–Kier alpha value is -2.43. The van der Waals surface area contributed by atoms with Crippen LogP contribution in [0.1, 0.15) is 37.0 Å². The molecule has 0 radical (unpaired) electrons. The minimum atomic E-state index is -0.0802. The Labute approximate surface area is 143 Å². The van der Waals surface area contributed by atoms with E-state index in [1.807, 2.05) is 30.3 Å². The van der Waals surface area contributed by atoms with Gasteiger partial charge in [0, 0.05) is 31.4 Å². The van der Waals surface area contributed by atoms with Gasteiger partial charge in [-0.05, 0) is 32.6 Å². The second-order valence-electron chi connectivity index (χ2n) is 6.12. The van der Waals surface area contributed by atoms with Gasteiger partial charge in [0.2, 0.25) is 0 Å². The Morgan fingerprint density at radius 1 is 1.21 bits per heavy atom. The molecule has 0 unspecified atom stereocenters. The molecule has 0 atom stereocenters. The predicted molar refractivity (Wildman–Crippen MR) is 96.1 cm³/mol. The van der Waals surface area contributed by atoms with Crippen LogP contribution in [0.15, 0.2) is 36.5 Å². The third-order valence-corrected chi connectivity index (χ3v) is 4.36. The summed E-state index contributed by atoms with van der Waals surface area (Å²) in [6, 6.07) is 9.86. The van der Waals surface area contributed by atoms with Crippen molar-refractivity contribution in [1.82, 2.24) is 15.3 Å². The number of carbonyl (C=O) groups is 1. The van der Waals surface area contributed by atoms with Crippen molar-refractivity contribution in [3.8, 4) is 11.4 Å². The first kappa shape index (κ1) is 16.4. The van der Waals surface area contributed by atoms with E-state index in [-0.39, 0.29) is 5.91 Å². The van der Waals surface area contributed by atoms with Crippen LogP contribution in [0.2, 0.25) is 0 Å². The van der Waals surface area contributed by atoms with Gasteiger partial charge in [-0.1, -0.05) is 30.3 Å². The molecule has 5 heteroatoms. The van der Waals surface area contributed by atoms with Crippen LogP contribution in [0.4, 0.5) is 5.82 Å². The summed E-state index contributed by atoms with van der Waals surface area (Å²) >= 11 is 0. The normalized spacial score (nSPS) is 13.6. The van der Waals surface area contributed by atoms with E-state index in [4.69, 9.17) is 4.98 Å². The van der Waals surface area contributed by atoms with Gasteiger partial charge in [0.1, 0.15) is 11.4 Å². The Kier molecular flexibility index (Phi) is 5.08. The van der Waals surface area contributed by atoms with Crippen molar-refractivity contribution in [2.75, 3.05) is 24.5 Å². The molecule has 3 rings (SSSR count). The van der Waals surface area contributed by atoms with Crippen molar-refractivity contribution in [2.24, 2.45) is 5.92 Å². The fraction of sp³-hybridized carbons (Fsp3) is 0.421. The quantitative estimate of drug-likeness (QED) is 0.850. The summed E-state index contributed by atoms with van der Waals surface area (Å²) in [5, 5.41) is 3.02. The van der Waals surface area contributed by atoms with E-state index in [1.165, 1.54) is 12.8 Å². The Balaban J connectivity index is 1.93. The zero-order chi connectivity index (χ0) is 16.9. The summed E-state index contributed by atoms with van der Waals surface area (Å²) < 4.78 is 0. The van der Waals surface area contributed by atoms with E-state index in [0.29, 0.717) is 23.1 Å². The van der Waals surface area contributed by atoms with Crippen LogP contribution in [-0.4, -0.2) is 35.5 Å². The van der Waals surface area contributed by atoms with Crippen molar-refractivity contribution < 1.29 is 4.79 Å². The van der Waals surface area contributed by atoms with E-state index >= 15 is 0 Å². The van der Waals surface area contributed by atoms with Crippen LogP contribution in [-0.2, 0) is 0 Å². The van der Waals surface area contributed by atoms with Crippen LogP contribution < -0.4 is 10.2 Å². The molecular weight excluding hydrogens is 300 g/mol. The number of aromatic nitrogens is 2. The number of rotatable bonds is 7. The number of anilines is 1. The zero-order valence-corrected chi connectivity index (χ0v) is 14.3. The minimum absolute atomic E-state index is 0.0802. The highest BCUT2D eigenvalue weighted by molar-refractivity contribution is 5.98. The predicted octanol–water partition coefficient (Wildman–Crippen LogP) is 3.13. The number of hydrogen-bond donors (Lipinski definition) is 1. The van der Waals surface area contributed by atoms with Crippen LogP contribution in [0.3, 0.4) is 0 Å². The number of benzene rings is 1. The van der Waals surface area contributed by atoms with Gasteiger partial charge >= 0.3 is 0 Å². The maximum atomic E-state index is 12.6. The van der Waals surface area contributed by atoms with Crippen LogP contribution >= 0.6 is 0 Å². The molecule has 2 aromatic rings. The van der Waals surface area contributed by atoms with Gasteiger partial charge in [0.25, 0.3) is 5.91 Å². The molecule has 1 aromatic heterocycles. The minimum Gasteiger partial charge on any atom is -0.356 e. The zero-order valence-electron chi connectivity index (χ0n) is 14.3. The van der Waals surface area contributed by atoms with Crippen LogP contribution in [0.25, 0.3) is 11.4 Å². The SMILES string of the molecule is CCN(CC)c1nc(-c2ccccc2)ncc1C(=O)NCC1CC1. The maximum Gasteiger partial charge on any atom is 0.256 e. The lowest BCUT2D eigenvalue weighted by atomic mass is 10.2. The van der Waals surface area contributed by atoms with E-state index in [2.05, 4.69) is 29.0 Å². The first-order valence-electron chi connectivity index (χ1n) is 8.68. The molecule has 0 spiro atoms. The molecule has 0 saturated heterocycles. The molecule has 126 valence electrons. The topological polar surface area (TPSA) is 58.1 Å². The molecule has 0 aliphatic heterocycles. The highest BCUT2D eigenvalue weighted by Gasteiger charge is 2.24.